The van der Waals surface area contributed by atoms with Crippen LogP contribution in [-0.2, 0) is 4.79 Å². The van der Waals surface area contributed by atoms with Crippen molar-refractivity contribution in [1.82, 2.24) is 4.90 Å². The lowest BCUT2D eigenvalue weighted by molar-refractivity contribution is -0.145. The number of β-lactam (4-membered cyclic amide) rings is 1. The van der Waals surface area contributed by atoms with Crippen LogP contribution in [0.15, 0.2) is 0 Å². The summed E-state index contributed by atoms with van der Waals surface area (Å²) in [5, 5.41) is 0. The topological polar surface area (TPSA) is 46.3 Å². The van der Waals surface area contributed by atoms with Crippen LogP contribution in [0.4, 0.5) is 0 Å². The molecule has 0 radical (unpaired) electrons. The average Bonchev–Trinajstić information content (AvgIpc) is 2.13. The molecule has 13 heavy (non-hydrogen) atoms. The highest BCUT2D eigenvalue weighted by atomic mass is 32.2. The quantitative estimate of drug-likeness (QED) is 0.527. The van der Waals surface area contributed by atoms with Crippen LogP contribution >= 0.6 is 11.8 Å². The van der Waals surface area contributed by atoms with E-state index >= 15 is 0 Å². The molecule has 76 valence electrons. The molecular formula is C9H18N2OS. The zero-order chi connectivity index (χ0) is 9.84. The largest absolute Gasteiger partial charge is 0.336 e. The molecular weight excluding hydrogens is 184 g/mol. The van der Waals surface area contributed by atoms with Gasteiger partial charge >= 0.3 is 0 Å². The van der Waals surface area contributed by atoms with Crippen LogP contribution in [0, 0.1) is 0 Å². The van der Waals surface area contributed by atoms with Gasteiger partial charge in [-0.05, 0) is 24.9 Å². The summed E-state index contributed by atoms with van der Waals surface area (Å²) in [7, 11) is 0. The molecule has 1 rings (SSSR count). The molecule has 2 atom stereocenters. The van der Waals surface area contributed by atoms with Gasteiger partial charge in [-0.15, -0.1) is 0 Å². The van der Waals surface area contributed by atoms with Gasteiger partial charge in [0.05, 0.1) is 0 Å². The molecule has 0 saturated carbocycles. The number of nitrogens with two attached hydrogens (primary N) is 1. The van der Waals surface area contributed by atoms with E-state index < -0.39 is 0 Å². The van der Waals surface area contributed by atoms with Crippen LogP contribution in [0.25, 0.3) is 0 Å². The Labute approximate surface area is 84.0 Å². The molecule has 0 aliphatic carbocycles. The summed E-state index contributed by atoms with van der Waals surface area (Å²) in [6.45, 7) is 5.00. The minimum absolute atomic E-state index is 0.119. The Kier molecular flexibility index (Phi) is 4.06. The van der Waals surface area contributed by atoms with Crippen molar-refractivity contribution >= 4 is 17.7 Å². The zero-order valence-electron chi connectivity index (χ0n) is 8.32. The summed E-state index contributed by atoms with van der Waals surface area (Å²) < 4.78 is 0. The number of amides is 1. The SMILES string of the molecule is CCSCCC(C)N1CC(N)C1=O. The number of hydrogen-bond donors (Lipinski definition) is 1. The van der Waals surface area contributed by atoms with E-state index in [0.717, 1.165) is 24.5 Å². The van der Waals surface area contributed by atoms with Gasteiger partial charge in [0, 0.05) is 12.6 Å². The normalized spacial score (nSPS) is 24.4. The third-order valence-corrected chi connectivity index (χ3v) is 3.34. The minimum atomic E-state index is -0.221. The first-order valence-corrected chi connectivity index (χ1v) is 5.96. The molecule has 2 unspecified atom stereocenters. The molecule has 0 spiro atoms. The van der Waals surface area contributed by atoms with E-state index in [2.05, 4.69) is 13.8 Å². The highest BCUT2D eigenvalue weighted by Crippen LogP contribution is 2.16. The summed E-state index contributed by atoms with van der Waals surface area (Å²) in [4.78, 5) is 13.1. The lowest BCUT2D eigenvalue weighted by Crippen LogP contribution is -2.63. The van der Waals surface area contributed by atoms with E-state index in [0.29, 0.717) is 6.04 Å². The second kappa shape index (κ2) is 4.86. The van der Waals surface area contributed by atoms with Crippen LogP contribution in [0.5, 0.6) is 0 Å². The van der Waals surface area contributed by atoms with Crippen molar-refractivity contribution in [3.8, 4) is 0 Å². The Bertz CT molecular complexity index is 186. The molecule has 0 aromatic carbocycles. The Morgan fingerprint density at radius 1 is 1.77 bits per heavy atom. The Balaban J connectivity index is 2.17. The predicted octanol–water partition coefficient (Wildman–Crippen LogP) is 0.688. The van der Waals surface area contributed by atoms with Crippen molar-refractivity contribution in [2.24, 2.45) is 5.73 Å². The number of rotatable bonds is 5. The fourth-order valence-corrected chi connectivity index (χ4v) is 2.23. The van der Waals surface area contributed by atoms with E-state index in [1.807, 2.05) is 16.7 Å². The van der Waals surface area contributed by atoms with Gasteiger partial charge in [-0.3, -0.25) is 4.79 Å². The van der Waals surface area contributed by atoms with Gasteiger partial charge in [0.1, 0.15) is 6.04 Å². The van der Waals surface area contributed by atoms with Gasteiger partial charge in [0.15, 0.2) is 0 Å². The summed E-state index contributed by atoms with van der Waals surface area (Å²) in [6.07, 6.45) is 1.08. The van der Waals surface area contributed by atoms with E-state index in [1.165, 1.54) is 0 Å². The highest BCUT2D eigenvalue weighted by molar-refractivity contribution is 7.99. The van der Waals surface area contributed by atoms with Crippen molar-refractivity contribution in [3.05, 3.63) is 0 Å². The Morgan fingerprint density at radius 3 is 2.92 bits per heavy atom. The maximum absolute atomic E-state index is 11.2. The van der Waals surface area contributed by atoms with E-state index in [-0.39, 0.29) is 11.9 Å². The molecule has 0 bridgehead atoms. The number of carbonyl (C=O) groups is 1. The molecule has 1 saturated heterocycles. The van der Waals surface area contributed by atoms with Crippen molar-refractivity contribution in [2.45, 2.75) is 32.4 Å². The highest BCUT2D eigenvalue weighted by Gasteiger charge is 2.35. The van der Waals surface area contributed by atoms with Gasteiger partial charge in [0.2, 0.25) is 5.91 Å². The number of thioether (sulfide) groups is 1. The predicted molar refractivity (Wildman–Crippen MR) is 56.8 cm³/mol. The van der Waals surface area contributed by atoms with E-state index in [9.17, 15) is 4.79 Å². The van der Waals surface area contributed by atoms with Crippen molar-refractivity contribution < 1.29 is 4.79 Å². The monoisotopic (exact) mass is 202 g/mol. The first kappa shape index (κ1) is 10.9. The number of carbonyl (C=O) groups excluding carboxylic acids is 1. The van der Waals surface area contributed by atoms with Gasteiger partial charge in [-0.1, -0.05) is 6.92 Å². The average molecular weight is 202 g/mol. The Morgan fingerprint density at radius 2 is 2.46 bits per heavy atom. The zero-order valence-corrected chi connectivity index (χ0v) is 9.14. The van der Waals surface area contributed by atoms with Crippen molar-refractivity contribution in [3.63, 3.8) is 0 Å². The Hall–Kier alpha value is -0.220. The van der Waals surface area contributed by atoms with Crippen LogP contribution < -0.4 is 5.73 Å². The standard InChI is InChI=1S/C9H18N2OS/c1-3-13-5-4-7(2)11-6-8(10)9(11)12/h7-8H,3-6,10H2,1-2H3. The number of nitrogens with zero attached hydrogens (tertiary/aromatic N) is 1. The van der Waals surface area contributed by atoms with Gasteiger partial charge in [-0.25, -0.2) is 0 Å². The first-order valence-electron chi connectivity index (χ1n) is 4.80. The van der Waals surface area contributed by atoms with E-state index in [4.69, 9.17) is 5.73 Å². The third-order valence-electron chi connectivity index (χ3n) is 2.41. The van der Waals surface area contributed by atoms with Crippen LogP contribution in [0.3, 0.4) is 0 Å². The van der Waals surface area contributed by atoms with Crippen molar-refractivity contribution in [2.75, 3.05) is 18.1 Å². The maximum Gasteiger partial charge on any atom is 0.241 e. The molecule has 0 aromatic heterocycles. The smallest absolute Gasteiger partial charge is 0.241 e. The molecule has 2 N–H and O–H groups in total. The van der Waals surface area contributed by atoms with Gasteiger partial charge in [0.25, 0.3) is 0 Å². The summed E-state index contributed by atoms with van der Waals surface area (Å²) in [6, 6.07) is 0.146. The molecule has 1 aliphatic heterocycles. The lowest BCUT2D eigenvalue weighted by atomic mass is 10.0. The lowest BCUT2D eigenvalue weighted by Gasteiger charge is -2.40. The summed E-state index contributed by atoms with van der Waals surface area (Å²) in [5.74, 6) is 2.41. The number of likely N-dealkylation sites (tertiary alicyclic amines) is 1. The number of hydrogen-bond acceptors (Lipinski definition) is 3. The molecule has 3 nitrogen and oxygen atoms in total. The van der Waals surface area contributed by atoms with Gasteiger partial charge in [-0.2, -0.15) is 11.8 Å². The molecule has 1 heterocycles. The second-order valence-corrected chi connectivity index (χ2v) is 4.83. The maximum atomic E-state index is 11.2. The van der Waals surface area contributed by atoms with Gasteiger partial charge < -0.3 is 10.6 Å². The van der Waals surface area contributed by atoms with Crippen LogP contribution in [0.2, 0.25) is 0 Å². The molecule has 1 fully saturated rings. The fourth-order valence-electron chi connectivity index (χ4n) is 1.43. The van der Waals surface area contributed by atoms with Crippen molar-refractivity contribution in [1.29, 1.82) is 0 Å². The summed E-state index contributed by atoms with van der Waals surface area (Å²) >= 11 is 1.92. The minimum Gasteiger partial charge on any atom is -0.336 e. The summed E-state index contributed by atoms with van der Waals surface area (Å²) in [5.41, 5.74) is 5.51. The molecule has 1 aliphatic rings. The molecule has 0 aromatic rings. The van der Waals surface area contributed by atoms with Crippen LogP contribution in [-0.4, -0.2) is 40.9 Å². The molecule has 1 amide bonds. The van der Waals surface area contributed by atoms with E-state index in [1.54, 1.807) is 0 Å². The fraction of sp³-hybridized carbons (Fsp3) is 0.889. The first-order chi connectivity index (χ1) is 6.16. The molecule has 4 heteroatoms. The second-order valence-electron chi connectivity index (χ2n) is 3.43. The third kappa shape index (κ3) is 2.61. The van der Waals surface area contributed by atoms with Crippen LogP contribution in [0.1, 0.15) is 20.3 Å².